The Bertz CT molecular complexity index is 2930. The smallest absolute Gasteiger partial charge is 0.0350 e. The lowest BCUT2D eigenvalue weighted by molar-refractivity contribution is 0.440. The number of hydrogen-bond acceptors (Lipinski definition) is 0. The molecule has 75 heavy (non-hydrogen) atoms. The molecular weight excluding hydrogens is 901 g/mol. The van der Waals surface area contributed by atoms with Gasteiger partial charge in [0.1, 0.15) is 0 Å². The molecule has 0 saturated heterocycles. The van der Waals surface area contributed by atoms with Gasteiger partial charge in [0.05, 0.1) is 0 Å². The molecule has 4 aliphatic carbocycles. The summed E-state index contributed by atoms with van der Waals surface area (Å²) in [5.41, 5.74) is 34.8. The van der Waals surface area contributed by atoms with E-state index in [-0.39, 0.29) is 11.8 Å². The quantitative estimate of drug-likeness (QED) is 0.120. The highest BCUT2D eigenvalue weighted by atomic mass is 14.4. The Labute approximate surface area is 458 Å². The summed E-state index contributed by atoms with van der Waals surface area (Å²) in [5, 5.41) is 0. The lowest BCUT2D eigenvalue weighted by Gasteiger charge is -2.32. The molecule has 0 amide bonds. The first-order valence-corrected chi connectivity index (χ1v) is 30.7. The summed E-state index contributed by atoms with van der Waals surface area (Å²) in [6, 6.07) is 31.9. The van der Waals surface area contributed by atoms with E-state index in [1.165, 1.54) is 212 Å². The summed E-state index contributed by atoms with van der Waals surface area (Å²) in [4.78, 5) is 0. The Morgan fingerprint density at radius 3 is 1.04 bits per heavy atom. The number of aryl methyl sites for hydroxylation is 11. The summed E-state index contributed by atoms with van der Waals surface area (Å²) in [6.07, 6.45) is 27.5. The molecule has 0 nitrogen and oxygen atoms in total. The molecule has 0 spiro atoms. The molecule has 0 aliphatic heterocycles. The molecule has 0 radical (unpaired) electrons. The molecule has 0 aromatic heterocycles. The molecule has 4 aliphatic rings. The van der Waals surface area contributed by atoms with Gasteiger partial charge in [-0.05, 0) is 282 Å². The fourth-order valence-electron chi connectivity index (χ4n) is 16.4. The summed E-state index contributed by atoms with van der Waals surface area (Å²) < 4.78 is 0. The third-order valence-electron chi connectivity index (χ3n) is 20.0. The molecule has 10 rings (SSSR count). The van der Waals surface area contributed by atoms with Gasteiger partial charge in [0.25, 0.3) is 0 Å². The second-order valence-electron chi connectivity index (χ2n) is 25.5. The fraction of sp³-hybridized carbons (Fsp3) is 0.520. The van der Waals surface area contributed by atoms with Crippen LogP contribution in [0.2, 0.25) is 0 Å². The molecule has 398 valence electrons. The van der Waals surface area contributed by atoms with E-state index in [2.05, 4.69) is 169 Å². The van der Waals surface area contributed by atoms with E-state index in [4.69, 9.17) is 0 Å². The van der Waals surface area contributed by atoms with E-state index < -0.39 is 0 Å². The van der Waals surface area contributed by atoms with Gasteiger partial charge in [0.15, 0.2) is 0 Å². The first-order chi connectivity index (χ1) is 36.1. The van der Waals surface area contributed by atoms with Crippen molar-refractivity contribution >= 4 is 0 Å². The third kappa shape index (κ3) is 11.9. The van der Waals surface area contributed by atoms with Crippen LogP contribution in [0.3, 0.4) is 0 Å². The van der Waals surface area contributed by atoms with Gasteiger partial charge in [-0.2, -0.15) is 0 Å². The molecule has 0 heterocycles. The maximum Gasteiger partial charge on any atom is 0.0350 e. The number of hydrogen-bond donors (Lipinski definition) is 0. The van der Waals surface area contributed by atoms with Crippen molar-refractivity contribution in [1.29, 1.82) is 0 Å². The van der Waals surface area contributed by atoms with Crippen LogP contribution in [-0.4, -0.2) is 0 Å². The van der Waals surface area contributed by atoms with Crippen molar-refractivity contribution in [3.8, 4) is 0 Å². The first kappa shape index (κ1) is 55.1. The standard InChI is InChI=1S/C38H50.C37H48/c1-24-18-19-33(25(2)20-24)38(35-23-34(26(3)21-27(35)4)31-14-10-8-11-15-31)37-29(6)22-28(5)36(30(37)7)32-16-12-9-13-17-32;1-24-17-19-32(20-18-24)37(34-23-33(25(2)21-26(34)3)30-13-9-7-10-14-30)36-28(5)22-27(4)35(29(36)6)31-15-11-8-12-16-31/h18-23,31-32,38H,8-17H2,1-7H3;17-23,30-31,37H,7-16H2,1-6H3. The molecular formula is C75H98. The van der Waals surface area contributed by atoms with E-state index in [0.29, 0.717) is 0 Å². The molecule has 0 N–H and O–H groups in total. The largest absolute Gasteiger partial charge is 0.0590 e. The Balaban J connectivity index is 0.000000184. The normalized spacial score (nSPS) is 18.1. The zero-order valence-electron chi connectivity index (χ0n) is 49.6. The van der Waals surface area contributed by atoms with Crippen LogP contribution in [-0.2, 0) is 0 Å². The van der Waals surface area contributed by atoms with E-state index >= 15 is 0 Å². The molecule has 4 saturated carbocycles. The first-order valence-electron chi connectivity index (χ1n) is 30.7. The van der Waals surface area contributed by atoms with Crippen LogP contribution in [0.5, 0.6) is 0 Å². The van der Waals surface area contributed by atoms with E-state index in [9.17, 15) is 0 Å². The van der Waals surface area contributed by atoms with Crippen molar-refractivity contribution in [2.24, 2.45) is 0 Å². The molecule has 4 fully saturated rings. The van der Waals surface area contributed by atoms with E-state index in [1.807, 2.05) is 0 Å². The average Bonchev–Trinajstić information content (AvgIpc) is 3.39. The van der Waals surface area contributed by atoms with Crippen molar-refractivity contribution in [2.75, 3.05) is 0 Å². The summed E-state index contributed by atoms with van der Waals surface area (Å²) in [6.45, 7) is 30.6. The average molecular weight is 1000 g/mol. The zero-order chi connectivity index (χ0) is 53.1. The van der Waals surface area contributed by atoms with Crippen LogP contribution in [0.15, 0.2) is 78.9 Å². The Kier molecular flexibility index (Phi) is 17.9. The van der Waals surface area contributed by atoms with Gasteiger partial charge in [-0.3, -0.25) is 0 Å². The SMILES string of the molecule is Cc1ccc(C(c2cc(C3CCCCC3)c(C)cc2C)c2c(C)cc(C)c(C3CCCCC3)c2C)c(C)c1.Cc1ccc(C(c2cc(C3CCCCC3)c(C)cc2C)c2c(C)cc(C)c(C3CCCCC3)c2C)cc1. The molecule has 6 aromatic rings. The second-order valence-corrected chi connectivity index (χ2v) is 25.5. The predicted octanol–water partition coefficient (Wildman–Crippen LogP) is 21.9. The van der Waals surface area contributed by atoms with Gasteiger partial charge in [-0.1, -0.05) is 167 Å². The molecule has 0 bridgehead atoms. The lowest BCUT2D eigenvalue weighted by atomic mass is 9.72. The summed E-state index contributed by atoms with van der Waals surface area (Å²) >= 11 is 0. The predicted molar refractivity (Wildman–Crippen MR) is 325 cm³/mol. The number of rotatable bonds is 10. The van der Waals surface area contributed by atoms with Gasteiger partial charge in [-0.15, -0.1) is 0 Å². The highest BCUT2D eigenvalue weighted by Crippen LogP contribution is 2.48. The van der Waals surface area contributed by atoms with Crippen molar-refractivity contribution in [3.05, 3.63) is 207 Å². The van der Waals surface area contributed by atoms with Crippen molar-refractivity contribution in [2.45, 2.75) is 254 Å². The van der Waals surface area contributed by atoms with Crippen LogP contribution in [0.25, 0.3) is 0 Å². The topological polar surface area (TPSA) is 0 Å². The van der Waals surface area contributed by atoms with Crippen LogP contribution in [0, 0.1) is 90.0 Å². The number of benzene rings is 6. The maximum absolute atomic E-state index is 2.66. The van der Waals surface area contributed by atoms with Gasteiger partial charge < -0.3 is 0 Å². The van der Waals surface area contributed by atoms with Crippen LogP contribution >= 0.6 is 0 Å². The van der Waals surface area contributed by atoms with Gasteiger partial charge >= 0.3 is 0 Å². The minimum atomic E-state index is 0.279. The van der Waals surface area contributed by atoms with Crippen LogP contribution < -0.4 is 0 Å². The van der Waals surface area contributed by atoms with Crippen molar-refractivity contribution in [3.63, 3.8) is 0 Å². The maximum atomic E-state index is 2.66. The minimum Gasteiger partial charge on any atom is -0.0590 e. The monoisotopic (exact) mass is 999 g/mol. The van der Waals surface area contributed by atoms with Crippen LogP contribution in [0.4, 0.5) is 0 Å². The highest BCUT2D eigenvalue weighted by Gasteiger charge is 2.32. The zero-order valence-corrected chi connectivity index (χ0v) is 49.6. The lowest BCUT2D eigenvalue weighted by Crippen LogP contribution is -2.16. The van der Waals surface area contributed by atoms with Gasteiger partial charge in [-0.25, -0.2) is 0 Å². The molecule has 0 heteroatoms. The van der Waals surface area contributed by atoms with Crippen molar-refractivity contribution in [1.82, 2.24) is 0 Å². The Morgan fingerprint density at radius 2 is 0.627 bits per heavy atom. The van der Waals surface area contributed by atoms with E-state index in [1.54, 1.807) is 44.5 Å². The summed E-state index contributed by atoms with van der Waals surface area (Å²) in [5.74, 6) is 3.46. The minimum absolute atomic E-state index is 0.279. The Morgan fingerprint density at radius 1 is 0.280 bits per heavy atom. The molecule has 6 aromatic carbocycles. The Hall–Kier alpha value is -4.68. The summed E-state index contributed by atoms with van der Waals surface area (Å²) in [7, 11) is 0. The molecule has 2 unspecified atom stereocenters. The van der Waals surface area contributed by atoms with Crippen molar-refractivity contribution < 1.29 is 0 Å². The van der Waals surface area contributed by atoms with Gasteiger partial charge in [0, 0.05) is 11.8 Å². The fourth-order valence-corrected chi connectivity index (χ4v) is 16.4. The van der Waals surface area contributed by atoms with Crippen LogP contribution in [0.1, 0.15) is 292 Å². The highest BCUT2D eigenvalue weighted by molar-refractivity contribution is 5.60. The van der Waals surface area contributed by atoms with Gasteiger partial charge in [0.2, 0.25) is 0 Å². The third-order valence-corrected chi connectivity index (χ3v) is 20.0. The molecule has 2 atom stereocenters. The van der Waals surface area contributed by atoms with E-state index in [0.717, 1.165) is 23.7 Å². The second kappa shape index (κ2) is 24.3.